The first-order valence-electron chi connectivity index (χ1n) is 9.63. The number of hydrogen-bond donors (Lipinski definition) is 1. The fourth-order valence-electron chi connectivity index (χ4n) is 3.14. The minimum Gasteiger partial charge on any atom is -0.496 e. The number of thioether (sulfide) groups is 1. The largest absolute Gasteiger partial charge is 0.496 e. The van der Waals surface area contributed by atoms with E-state index < -0.39 is 0 Å². The average molecular weight is 434 g/mol. The first-order chi connectivity index (χ1) is 15.0. The number of hydrogen-bond acceptors (Lipinski definition) is 6. The molecular formula is C24H20FN3O2S. The highest BCUT2D eigenvalue weighted by Crippen LogP contribution is 2.31. The fourth-order valence-corrected chi connectivity index (χ4v) is 3.97. The SMILES string of the molecule is COc1ccc(C(C)=O)cc1CSc1nc(Nc2ccc(F)cc2)c2ccccc2n1. The van der Waals surface area contributed by atoms with Crippen molar-refractivity contribution in [2.75, 3.05) is 12.4 Å². The van der Waals surface area contributed by atoms with Gasteiger partial charge in [0.15, 0.2) is 10.9 Å². The smallest absolute Gasteiger partial charge is 0.190 e. The minimum atomic E-state index is -0.295. The molecule has 0 saturated heterocycles. The second-order valence-electron chi connectivity index (χ2n) is 6.88. The van der Waals surface area contributed by atoms with E-state index >= 15 is 0 Å². The number of methoxy groups -OCH3 is 1. The predicted molar refractivity (Wildman–Crippen MR) is 122 cm³/mol. The maximum atomic E-state index is 13.3. The molecule has 0 aliphatic carbocycles. The molecule has 0 unspecified atom stereocenters. The van der Waals surface area contributed by atoms with E-state index in [0.717, 1.165) is 22.2 Å². The van der Waals surface area contributed by atoms with Gasteiger partial charge >= 0.3 is 0 Å². The minimum absolute atomic E-state index is 0.00152. The van der Waals surface area contributed by atoms with Gasteiger partial charge in [0, 0.05) is 28.0 Å². The Balaban J connectivity index is 1.65. The summed E-state index contributed by atoms with van der Waals surface area (Å²) < 4.78 is 18.7. The van der Waals surface area contributed by atoms with Crippen molar-refractivity contribution in [2.45, 2.75) is 17.8 Å². The number of ether oxygens (including phenoxy) is 1. The van der Waals surface area contributed by atoms with Crippen LogP contribution in [-0.2, 0) is 5.75 Å². The van der Waals surface area contributed by atoms with Gasteiger partial charge in [0.1, 0.15) is 17.4 Å². The maximum absolute atomic E-state index is 13.3. The van der Waals surface area contributed by atoms with Crippen molar-refractivity contribution in [3.8, 4) is 5.75 Å². The number of nitrogens with zero attached hydrogens (tertiary/aromatic N) is 2. The lowest BCUT2D eigenvalue weighted by molar-refractivity contribution is 0.101. The fraction of sp³-hybridized carbons (Fsp3) is 0.125. The van der Waals surface area contributed by atoms with E-state index in [9.17, 15) is 9.18 Å². The molecule has 1 heterocycles. The Bertz CT molecular complexity index is 1250. The van der Waals surface area contributed by atoms with Crippen LogP contribution in [0.1, 0.15) is 22.8 Å². The van der Waals surface area contributed by atoms with Crippen LogP contribution in [0, 0.1) is 5.82 Å². The zero-order valence-electron chi connectivity index (χ0n) is 17.1. The van der Waals surface area contributed by atoms with Gasteiger partial charge in [0.05, 0.1) is 12.6 Å². The van der Waals surface area contributed by atoms with Crippen molar-refractivity contribution < 1.29 is 13.9 Å². The highest BCUT2D eigenvalue weighted by Gasteiger charge is 2.12. The molecule has 0 aliphatic heterocycles. The Kier molecular flexibility index (Phi) is 6.13. The second kappa shape index (κ2) is 9.14. The molecule has 31 heavy (non-hydrogen) atoms. The van der Waals surface area contributed by atoms with Crippen molar-refractivity contribution in [2.24, 2.45) is 0 Å². The van der Waals surface area contributed by atoms with Crippen LogP contribution in [0.5, 0.6) is 5.75 Å². The Morgan fingerprint density at radius 2 is 1.84 bits per heavy atom. The van der Waals surface area contributed by atoms with Gasteiger partial charge in [-0.25, -0.2) is 14.4 Å². The van der Waals surface area contributed by atoms with Crippen molar-refractivity contribution in [1.29, 1.82) is 0 Å². The second-order valence-corrected chi connectivity index (χ2v) is 7.82. The molecule has 4 aromatic rings. The number of fused-ring (bicyclic) bond motifs is 1. The number of rotatable bonds is 7. The molecule has 156 valence electrons. The molecule has 5 nitrogen and oxygen atoms in total. The summed E-state index contributed by atoms with van der Waals surface area (Å²) in [5.74, 6) is 1.60. The van der Waals surface area contributed by atoms with Gasteiger partial charge in [-0.2, -0.15) is 0 Å². The van der Waals surface area contributed by atoms with Crippen LogP contribution >= 0.6 is 11.8 Å². The summed E-state index contributed by atoms with van der Waals surface area (Å²) >= 11 is 1.45. The van der Waals surface area contributed by atoms with Gasteiger partial charge in [0.2, 0.25) is 0 Å². The van der Waals surface area contributed by atoms with Crippen molar-refractivity contribution >= 4 is 40.0 Å². The molecule has 0 aliphatic rings. The number of aromatic nitrogens is 2. The zero-order chi connectivity index (χ0) is 21.8. The van der Waals surface area contributed by atoms with Crippen LogP contribution in [0.3, 0.4) is 0 Å². The standard InChI is InChI=1S/C24H20FN3O2S/c1-15(29)16-7-12-22(30-2)17(13-16)14-31-24-27-21-6-4-3-5-20(21)23(28-24)26-19-10-8-18(25)9-11-19/h3-13H,14H2,1-2H3,(H,26,27,28). The van der Waals surface area contributed by atoms with Gasteiger partial charge in [-0.15, -0.1) is 0 Å². The summed E-state index contributed by atoms with van der Waals surface area (Å²) in [5.41, 5.74) is 3.06. The molecule has 1 aromatic heterocycles. The first kappa shape index (κ1) is 20.8. The number of ketones is 1. The molecule has 0 amide bonds. The third kappa shape index (κ3) is 4.83. The van der Waals surface area contributed by atoms with Crippen LogP contribution in [0.25, 0.3) is 10.9 Å². The quantitative estimate of drug-likeness (QED) is 0.219. The van der Waals surface area contributed by atoms with E-state index in [2.05, 4.69) is 15.3 Å². The normalized spacial score (nSPS) is 10.8. The summed E-state index contributed by atoms with van der Waals surface area (Å²) in [7, 11) is 1.61. The number of anilines is 2. The van der Waals surface area contributed by atoms with Gasteiger partial charge in [-0.3, -0.25) is 4.79 Å². The highest BCUT2D eigenvalue weighted by atomic mass is 32.2. The average Bonchev–Trinajstić information content (AvgIpc) is 2.79. The highest BCUT2D eigenvalue weighted by molar-refractivity contribution is 7.98. The van der Waals surface area contributed by atoms with E-state index in [1.54, 1.807) is 38.3 Å². The van der Waals surface area contributed by atoms with Gasteiger partial charge in [0.25, 0.3) is 0 Å². The van der Waals surface area contributed by atoms with Gasteiger partial charge < -0.3 is 10.1 Å². The summed E-state index contributed by atoms with van der Waals surface area (Å²) in [5, 5.41) is 4.71. The molecule has 7 heteroatoms. The van der Waals surface area contributed by atoms with Gasteiger partial charge in [-0.05, 0) is 61.5 Å². The lowest BCUT2D eigenvalue weighted by Crippen LogP contribution is -2.00. The Labute approximate surface area is 183 Å². The van der Waals surface area contributed by atoms with Crippen molar-refractivity contribution in [1.82, 2.24) is 9.97 Å². The monoisotopic (exact) mass is 433 g/mol. The molecule has 0 bridgehead atoms. The molecule has 0 fully saturated rings. The third-order valence-electron chi connectivity index (χ3n) is 4.73. The first-order valence-corrected chi connectivity index (χ1v) is 10.6. The number of halogens is 1. The Hall–Kier alpha value is -3.45. The number of Topliss-reactive ketones (excluding diaryl/α,β-unsaturated/α-hetero) is 1. The Morgan fingerprint density at radius 3 is 2.58 bits per heavy atom. The van der Waals surface area contributed by atoms with Crippen LogP contribution < -0.4 is 10.1 Å². The number of nitrogens with one attached hydrogen (secondary N) is 1. The third-order valence-corrected chi connectivity index (χ3v) is 5.63. The molecule has 1 N–H and O–H groups in total. The summed E-state index contributed by atoms with van der Waals surface area (Å²) in [6.07, 6.45) is 0. The van der Waals surface area contributed by atoms with Crippen LogP contribution in [0.15, 0.2) is 71.9 Å². The summed E-state index contributed by atoms with van der Waals surface area (Å²) in [6, 6.07) is 19.2. The molecule has 3 aromatic carbocycles. The van der Waals surface area contributed by atoms with E-state index in [1.165, 1.54) is 23.9 Å². The predicted octanol–water partition coefficient (Wildman–Crippen LogP) is 6.02. The number of carbonyl (C=O) groups is 1. The van der Waals surface area contributed by atoms with E-state index in [0.29, 0.717) is 28.0 Å². The Morgan fingerprint density at radius 1 is 1.06 bits per heavy atom. The van der Waals surface area contributed by atoms with E-state index in [4.69, 9.17) is 4.74 Å². The van der Waals surface area contributed by atoms with E-state index in [-0.39, 0.29) is 11.6 Å². The number of benzene rings is 3. The van der Waals surface area contributed by atoms with Crippen LogP contribution in [0.4, 0.5) is 15.9 Å². The van der Waals surface area contributed by atoms with E-state index in [1.807, 2.05) is 30.3 Å². The van der Waals surface area contributed by atoms with Crippen LogP contribution in [-0.4, -0.2) is 22.9 Å². The number of carbonyl (C=O) groups excluding carboxylic acids is 1. The summed E-state index contributed by atoms with van der Waals surface area (Å²) in [6.45, 7) is 1.54. The van der Waals surface area contributed by atoms with Crippen molar-refractivity contribution in [3.05, 3.63) is 83.7 Å². The molecule has 0 saturated carbocycles. The van der Waals surface area contributed by atoms with Crippen LogP contribution in [0.2, 0.25) is 0 Å². The van der Waals surface area contributed by atoms with Gasteiger partial charge in [-0.1, -0.05) is 23.9 Å². The number of para-hydroxylation sites is 1. The molecule has 4 rings (SSSR count). The van der Waals surface area contributed by atoms with Crippen molar-refractivity contribution in [3.63, 3.8) is 0 Å². The topological polar surface area (TPSA) is 64.1 Å². The molecule has 0 radical (unpaired) electrons. The summed E-state index contributed by atoms with van der Waals surface area (Å²) in [4.78, 5) is 21.1. The lowest BCUT2D eigenvalue weighted by Gasteiger charge is -2.12. The molecular weight excluding hydrogens is 413 g/mol. The maximum Gasteiger partial charge on any atom is 0.190 e. The molecule has 0 spiro atoms. The lowest BCUT2D eigenvalue weighted by atomic mass is 10.1. The molecule has 0 atom stereocenters. The zero-order valence-corrected chi connectivity index (χ0v) is 17.9.